The highest BCUT2D eigenvalue weighted by molar-refractivity contribution is 7.89. The van der Waals surface area contributed by atoms with Gasteiger partial charge in [-0.25, -0.2) is 35.0 Å². The number of carboxylic acid groups (broad SMARTS) is 1. The lowest BCUT2D eigenvalue weighted by atomic mass is 10.2. The molecule has 2 fully saturated rings. The Kier molecular flexibility index (Phi) is 22.6. The van der Waals surface area contributed by atoms with E-state index in [2.05, 4.69) is 15.1 Å². The molecule has 0 spiro atoms. The van der Waals surface area contributed by atoms with Gasteiger partial charge >= 0.3 is 18.2 Å². The summed E-state index contributed by atoms with van der Waals surface area (Å²) in [6, 6.07) is 23.8. The van der Waals surface area contributed by atoms with Gasteiger partial charge in [0, 0.05) is 109 Å². The van der Waals surface area contributed by atoms with Gasteiger partial charge in [0.15, 0.2) is 0 Å². The number of nitrogens with two attached hydrogens (primary N) is 1. The van der Waals surface area contributed by atoms with Crippen LogP contribution in [0.15, 0.2) is 94.7 Å². The second kappa shape index (κ2) is 27.2. The summed E-state index contributed by atoms with van der Waals surface area (Å²) in [5.74, 6) is -1.40. The molecule has 4 aromatic carbocycles. The number of nitrogens with zero attached hydrogens (tertiary/aromatic N) is 6. The lowest BCUT2D eigenvalue weighted by Crippen LogP contribution is -2.50. The van der Waals surface area contributed by atoms with E-state index >= 15 is 0 Å². The number of anilines is 4. The number of carbonyl (C=O) groups excluding carboxylic acids is 3. The van der Waals surface area contributed by atoms with E-state index in [1.807, 2.05) is 77.9 Å². The summed E-state index contributed by atoms with van der Waals surface area (Å²) < 4.78 is 62.6. The second-order valence-electron chi connectivity index (χ2n) is 19.2. The molecular weight excluding hydrogens is 1090 g/mol. The summed E-state index contributed by atoms with van der Waals surface area (Å²) in [4.78, 5) is 54.7. The molecule has 0 bridgehead atoms. The van der Waals surface area contributed by atoms with E-state index in [0.717, 1.165) is 38.8 Å². The minimum absolute atomic E-state index is 0.0307. The zero-order valence-electron chi connectivity index (χ0n) is 43.2. The molecule has 2 aliphatic heterocycles. The number of rotatable bonds is 13. The molecule has 0 aliphatic carbocycles. The number of amides is 3. The van der Waals surface area contributed by atoms with Crippen LogP contribution < -0.4 is 20.9 Å². The van der Waals surface area contributed by atoms with E-state index in [9.17, 15) is 36.0 Å². The fourth-order valence-electron chi connectivity index (χ4n) is 7.07. The normalized spacial score (nSPS) is 14.3. The highest BCUT2D eigenvalue weighted by Gasteiger charge is 2.29. The first-order chi connectivity index (χ1) is 34.9. The van der Waals surface area contributed by atoms with E-state index in [1.54, 1.807) is 21.9 Å². The van der Waals surface area contributed by atoms with Gasteiger partial charge in [-0.3, -0.25) is 9.59 Å². The van der Waals surface area contributed by atoms with E-state index in [4.69, 9.17) is 66.7 Å². The Balaban J connectivity index is 0.000000269. The van der Waals surface area contributed by atoms with Crippen molar-refractivity contribution in [3.63, 3.8) is 0 Å². The van der Waals surface area contributed by atoms with Gasteiger partial charge in [-0.15, -0.1) is 0 Å². The Hall–Kier alpha value is -5.26. The summed E-state index contributed by atoms with van der Waals surface area (Å²) in [6.45, 7) is 16.5. The third-order valence-electron chi connectivity index (χ3n) is 11.1. The number of benzene rings is 4. The van der Waals surface area contributed by atoms with Crippen LogP contribution in [0.5, 0.6) is 0 Å². The van der Waals surface area contributed by atoms with Crippen molar-refractivity contribution in [3.8, 4) is 0 Å². The van der Waals surface area contributed by atoms with Crippen molar-refractivity contribution in [1.29, 1.82) is 0 Å². The molecule has 2 aliphatic rings. The monoisotopic (exact) mass is 1160 g/mol. The zero-order valence-corrected chi connectivity index (χ0v) is 47.8. The average molecular weight is 1160 g/mol. The SMILES string of the molecule is CC(C)(C)OC(=O)N1CCN(c2ccc(N)cc2)CC1.CN(CCC(=O)Nc1ccc(N2CCN(C(=O)OC(C)(C)C)CC2)cc1)S(=O)(=O)c1cccc(Cl)c1Cl.CN(CCC(=O)O)S(=O)(=O)c1cccc(Cl)c1Cl. The van der Waals surface area contributed by atoms with Crippen LogP contribution in [0.25, 0.3) is 0 Å². The van der Waals surface area contributed by atoms with E-state index in [0.29, 0.717) is 45.0 Å². The van der Waals surface area contributed by atoms with Crippen LogP contribution in [0, 0.1) is 0 Å². The van der Waals surface area contributed by atoms with Gasteiger partial charge in [-0.2, -0.15) is 0 Å². The van der Waals surface area contributed by atoms with Gasteiger partial charge in [0.05, 0.1) is 26.5 Å². The summed E-state index contributed by atoms with van der Waals surface area (Å²) >= 11 is 23.6. The molecule has 6 rings (SSSR count). The fraction of sp³-hybridized carbons (Fsp3) is 0.440. The second-order valence-corrected chi connectivity index (χ2v) is 24.8. The van der Waals surface area contributed by atoms with Crippen molar-refractivity contribution in [1.82, 2.24) is 18.4 Å². The van der Waals surface area contributed by atoms with Crippen LogP contribution in [-0.2, 0) is 39.1 Å². The third-order valence-corrected chi connectivity index (χ3v) is 16.8. The first-order valence-corrected chi connectivity index (χ1v) is 28.0. The maximum atomic E-state index is 12.8. The molecule has 0 atom stereocenters. The largest absolute Gasteiger partial charge is 0.481 e. The number of ether oxygens (including phenoxy) is 2. The number of hydrogen-bond donors (Lipinski definition) is 3. The standard InChI is InChI=1S/C25H32Cl2N4O5S.C15H23N3O2.C10H11Cl2NO4S/c1-25(2,3)36-24(33)31-16-14-30(15-17-31)19-10-8-18(9-11-19)28-22(32)12-13-29(4)37(34,35)21-7-5-6-20(26)23(21)27;1-15(2,3)20-14(19)18-10-8-17(9-11-18)13-6-4-12(16)5-7-13;1-13(6-5-9(14)15)18(16,17)8-4-2-3-7(11)10(8)12/h5-11H,12-17H2,1-4H3,(H,28,32);4-7H,8-11,16H2,1-3H3;2-4H,5-6H2,1H3,(H,14,15). The van der Waals surface area contributed by atoms with Crippen molar-refractivity contribution in [2.24, 2.45) is 0 Å². The molecule has 0 unspecified atom stereocenters. The molecule has 2 saturated heterocycles. The van der Waals surface area contributed by atoms with Gasteiger partial charge in [0.2, 0.25) is 26.0 Å². The van der Waals surface area contributed by atoms with Crippen molar-refractivity contribution >= 4 is 113 Å². The van der Waals surface area contributed by atoms with E-state index in [-0.39, 0.29) is 73.9 Å². The van der Waals surface area contributed by atoms with Crippen molar-refractivity contribution in [3.05, 3.63) is 105 Å². The van der Waals surface area contributed by atoms with Crippen molar-refractivity contribution < 1.29 is 50.6 Å². The van der Waals surface area contributed by atoms with Crippen LogP contribution in [0.1, 0.15) is 54.4 Å². The van der Waals surface area contributed by atoms with E-state index in [1.165, 1.54) is 50.5 Å². The highest BCUT2D eigenvalue weighted by atomic mass is 35.5. The quantitative estimate of drug-likeness (QED) is 0.106. The molecule has 4 N–H and O–H groups in total. The minimum Gasteiger partial charge on any atom is -0.481 e. The van der Waals surface area contributed by atoms with E-state index < -0.39 is 37.2 Å². The number of hydrogen-bond acceptors (Lipinski definition) is 13. The van der Waals surface area contributed by atoms with Gasteiger partial charge < -0.3 is 45.2 Å². The topological polar surface area (TPSA) is 233 Å². The first-order valence-electron chi connectivity index (χ1n) is 23.6. The Morgan fingerprint density at radius 2 is 0.947 bits per heavy atom. The number of aliphatic carboxylic acids is 1. The number of nitrogens with one attached hydrogen (secondary N) is 1. The summed E-state index contributed by atoms with van der Waals surface area (Å²) in [6.07, 6.45) is -0.857. The highest BCUT2D eigenvalue weighted by Crippen LogP contribution is 2.32. The molecule has 0 aromatic heterocycles. The maximum Gasteiger partial charge on any atom is 0.410 e. The van der Waals surface area contributed by atoms with Gasteiger partial charge in [-0.05, 0) is 114 Å². The van der Waals surface area contributed by atoms with Gasteiger partial charge in [0.1, 0.15) is 21.0 Å². The Morgan fingerprint density at radius 3 is 1.31 bits per heavy atom. The average Bonchev–Trinajstić information content (AvgIpc) is 3.34. The van der Waals surface area contributed by atoms with Crippen LogP contribution >= 0.6 is 46.4 Å². The zero-order chi connectivity index (χ0) is 56.1. The number of carboxylic acids is 1. The maximum absolute atomic E-state index is 12.8. The van der Waals surface area contributed by atoms with Crippen LogP contribution in [-0.4, -0.2) is 155 Å². The molecular formula is C50H66Cl4N8O11S2. The summed E-state index contributed by atoms with van der Waals surface area (Å²) in [7, 11) is -5.06. The number of halogens is 4. The molecule has 75 heavy (non-hydrogen) atoms. The number of nitrogen functional groups attached to an aromatic ring is 1. The number of carbonyl (C=O) groups is 4. The predicted octanol–water partition coefficient (Wildman–Crippen LogP) is 9.11. The Bertz CT molecular complexity index is 2820. The molecule has 4 aromatic rings. The molecule has 2 heterocycles. The summed E-state index contributed by atoms with van der Waals surface area (Å²) in [5, 5.41) is 11.5. The summed E-state index contributed by atoms with van der Waals surface area (Å²) in [5.41, 5.74) is 8.21. The molecule has 19 nitrogen and oxygen atoms in total. The molecule has 25 heteroatoms. The first kappa shape index (κ1) is 62.3. The third kappa shape index (κ3) is 19.1. The Morgan fingerprint density at radius 1 is 0.587 bits per heavy atom. The Labute approximate surface area is 460 Å². The smallest absolute Gasteiger partial charge is 0.410 e. The minimum atomic E-state index is -3.90. The number of piperazine rings is 2. The van der Waals surface area contributed by atoms with Crippen LogP contribution in [0.4, 0.5) is 32.3 Å². The predicted molar refractivity (Wildman–Crippen MR) is 295 cm³/mol. The molecule has 3 amide bonds. The van der Waals surface area contributed by atoms with Crippen molar-refractivity contribution in [2.75, 3.05) is 100 Å². The van der Waals surface area contributed by atoms with Gasteiger partial charge in [-0.1, -0.05) is 58.5 Å². The van der Waals surface area contributed by atoms with Crippen LogP contribution in [0.3, 0.4) is 0 Å². The molecule has 0 radical (unpaired) electrons. The number of sulfonamides is 2. The van der Waals surface area contributed by atoms with Gasteiger partial charge in [0.25, 0.3) is 0 Å². The lowest BCUT2D eigenvalue weighted by Gasteiger charge is -2.36. The molecule has 412 valence electrons. The lowest BCUT2D eigenvalue weighted by molar-refractivity contribution is -0.137. The molecule has 0 saturated carbocycles. The van der Waals surface area contributed by atoms with Crippen LogP contribution in [0.2, 0.25) is 20.1 Å². The van der Waals surface area contributed by atoms with Crippen molar-refractivity contribution in [2.45, 2.75) is 75.4 Å². The fourth-order valence-corrected chi connectivity index (χ4v) is 10.9.